The van der Waals surface area contributed by atoms with Gasteiger partial charge in [0, 0.05) is 12.2 Å². The van der Waals surface area contributed by atoms with Gasteiger partial charge in [0.15, 0.2) is 0 Å². The van der Waals surface area contributed by atoms with Gasteiger partial charge in [0.1, 0.15) is 0 Å². The fourth-order valence-corrected chi connectivity index (χ4v) is 2.74. The maximum atomic E-state index is 12.1. The predicted molar refractivity (Wildman–Crippen MR) is 85.4 cm³/mol. The summed E-state index contributed by atoms with van der Waals surface area (Å²) in [5, 5.41) is 13.3. The number of aliphatic hydroxyl groups is 1. The number of nitrogen functional groups attached to an aromatic ring is 1. The number of benzene rings is 1. The van der Waals surface area contributed by atoms with E-state index in [1.54, 1.807) is 18.2 Å². The monoisotopic (exact) mass is 311 g/mol. The summed E-state index contributed by atoms with van der Waals surface area (Å²) in [5.74, 6) is -0.108. The third-order valence-corrected chi connectivity index (χ3v) is 4.10. The number of rotatable bonds is 3. The molecule has 2 rings (SSSR count). The number of likely N-dealkylation sites (tertiary alicyclic amines) is 1. The zero-order valence-corrected chi connectivity index (χ0v) is 13.0. The molecule has 1 aliphatic heterocycles. The lowest BCUT2D eigenvalue weighted by Crippen LogP contribution is -2.35. The van der Waals surface area contributed by atoms with Gasteiger partial charge in [-0.05, 0) is 50.9 Å². The van der Waals surface area contributed by atoms with Gasteiger partial charge in [-0.2, -0.15) is 0 Å². The van der Waals surface area contributed by atoms with Crippen LogP contribution in [0.4, 0.5) is 11.4 Å². The van der Waals surface area contributed by atoms with Gasteiger partial charge in [-0.3, -0.25) is 9.69 Å². The first-order chi connectivity index (χ1) is 9.85. The third-order valence-electron chi connectivity index (χ3n) is 3.79. The van der Waals surface area contributed by atoms with Gasteiger partial charge in [-0.1, -0.05) is 11.6 Å². The summed E-state index contributed by atoms with van der Waals surface area (Å²) in [7, 11) is 0. The van der Waals surface area contributed by atoms with Gasteiger partial charge in [-0.25, -0.2) is 0 Å². The molecule has 0 bridgehead atoms. The summed E-state index contributed by atoms with van der Waals surface area (Å²) >= 11 is 6.04. The number of anilines is 2. The van der Waals surface area contributed by atoms with Crippen LogP contribution in [-0.4, -0.2) is 41.1 Å². The molecule has 1 atom stereocenters. The molecule has 116 valence electrons. The molecule has 1 unspecified atom stereocenters. The third kappa shape index (κ3) is 4.88. The smallest absolute Gasteiger partial charge is 0.238 e. The summed E-state index contributed by atoms with van der Waals surface area (Å²) in [6.07, 6.45) is 2.35. The number of carbonyl (C=O) groups excluding carboxylic acids is 1. The number of hydrogen-bond donors (Lipinski definition) is 3. The number of nitrogens with two attached hydrogens (primary N) is 1. The van der Waals surface area contributed by atoms with Crippen molar-refractivity contribution in [3.05, 3.63) is 23.2 Å². The molecule has 21 heavy (non-hydrogen) atoms. The van der Waals surface area contributed by atoms with E-state index in [1.165, 1.54) is 0 Å². The number of amides is 1. The average molecular weight is 312 g/mol. The van der Waals surface area contributed by atoms with Crippen LogP contribution in [-0.2, 0) is 4.79 Å². The Morgan fingerprint density at radius 3 is 2.95 bits per heavy atom. The number of carbonyl (C=O) groups is 1. The van der Waals surface area contributed by atoms with Crippen LogP contribution in [0, 0.1) is 0 Å². The van der Waals surface area contributed by atoms with Gasteiger partial charge in [0.2, 0.25) is 5.91 Å². The maximum Gasteiger partial charge on any atom is 0.238 e. The molecule has 1 saturated heterocycles. The molecule has 0 saturated carbocycles. The molecule has 4 N–H and O–H groups in total. The minimum absolute atomic E-state index is 0.108. The number of hydrogen-bond acceptors (Lipinski definition) is 4. The molecule has 5 nitrogen and oxygen atoms in total. The second kappa shape index (κ2) is 6.64. The standard InChI is InChI=1S/C15H22ClN3O2/c1-15(21)5-2-7-19(8-6-15)10-14(20)18-13-4-3-11(17)9-12(13)16/h3-4,9,21H,2,5-8,10,17H2,1H3,(H,18,20). The van der Waals surface area contributed by atoms with Crippen molar-refractivity contribution in [3.8, 4) is 0 Å². The molecule has 0 aromatic heterocycles. The minimum Gasteiger partial charge on any atom is -0.399 e. The second-order valence-electron chi connectivity index (χ2n) is 5.91. The van der Waals surface area contributed by atoms with Gasteiger partial charge in [-0.15, -0.1) is 0 Å². The fourth-order valence-electron chi connectivity index (χ4n) is 2.50. The Balaban J connectivity index is 1.89. The van der Waals surface area contributed by atoms with Crippen molar-refractivity contribution >= 4 is 28.9 Å². The van der Waals surface area contributed by atoms with Gasteiger partial charge >= 0.3 is 0 Å². The maximum absolute atomic E-state index is 12.1. The van der Waals surface area contributed by atoms with Crippen molar-refractivity contribution in [2.24, 2.45) is 0 Å². The van der Waals surface area contributed by atoms with Gasteiger partial charge in [0.25, 0.3) is 0 Å². The van der Waals surface area contributed by atoms with Crippen LogP contribution in [0.25, 0.3) is 0 Å². The number of nitrogens with one attached hydrogen (secondary N) is 1. The first-order valence-electron chi connectivity index (χ1n) is 7.15. The van der Waals surface area contributed by atoms with Crippen molar-refractivity contribution in [3.63, 3.8) is 0 Å². The molecular weight excluding hydrogens is 290 g/mol. The zero-order chi connectivity index (χ0) is 15.5. The molecule has 1 heterocycles. The van der Waals surface area contributed by atoms with Crippen LogP contribution in [0.3, 0.4) is 0 Å². The number of halogens is 1. The molecule has 1 amide bonds. The highest BCUT2D eigenvalue weighted by Gasteiger charge is 2.25. The van der Waals surface area contributed by atoms with Crippen LogP contribution >= 0.6 is 11.6 Å². The summed E-state index contributed by atoms with van der Waals surface area (Å²) in [5.41, 5.74) is 6.13. The van der Waals surface area contributed by atoms with Crippen molar-refractivity contribution < 1.29 is 9.90 Å². The first kappa shape index (κ1) is 16.1. The van der Waals surface area contributed by atoms with E-state index < -0.39 is 5.60 Å². The molecular formula is C15H22ClN3O2. The highest BCUT2D eigenvalue weighted by atomic mass is 35.5. The summed E-state index contributed by atoms with van der Waals surface area (Å²) in [6, 6.07) is 5.01. The highest BCUT2D eigenvalue weighted by molar-refractivity contribution is 6.34. The summed E-state index contributed by atoms with van der Waals surface area (Å²) in [4.78, 5) is 14.1. The molecule has 1 aromatic rings. The topological polar surface area (TPSA) is 78.6 Å². The van der Waals surface area contributed by atoms with E-state index in [-0.39, 0.29) is 5.91 Å². The second-order valence-corrected chi connectivity index (χ2v) is 6.32. The largest absolute Gasteiger partial charge is 0.399 e. The lowest BCUT2D eigenvalue weighted by molar-refractivity contribution is -0.117. The van der Waals surface area contributed by atoms with Gasteiger partial charge in [0.05, 0.1) is 22.9 Å². The lowest BCUT2D eigenvalue weighted by Gasteiger charge is -2.22. The minimum atomic E-state index is -0.620. The highest BCUT2D eigenvalue weighted by Crippen LogP contribution is 2.24. The molecule has 1 fully saturated rings. The van der Waals surface area contributed by atoms with Gasteiger partial charge < -0.3 is 16.2 Å². The van der Waals surface area contributed by atoms with E-state index in [9.17, 15) is 9.90 Å². The van der Waals surface area contributed by atoms with E-state index in [0.717, 1.165) is 25.9 Å². The molecule has 0 radical (unpaired) electrons. The molecule has 0 spiro atoms. The van der Waals surface area contributed by atoms with Crippen molar-refractivity contribution in [2.75, 3.05) is 30.7 Å². The van der Waals surface area contributed by atoms with Crippen molar-refractivity contribution in [1.29, 1.82) is 0 Å². The van der Waals surface area contributed by atoms with Crippen LogP contribution in [0.15, 0.2) is 18.2 Å². The van der Waals surface area contributed by atoms with Crippen LogP contribution < -0.4 is 11.1 Å². The SMILES string of the molecule is CC1(O)CCCN(CC(=O)Nc2ccc(N)cc2Cl)CC1. The van der Waals surface area contributed by atoms with Crippen LogP contribution in [0.1, 0.15) is 26.2 Å². The Hall–Kier alpha value is -1.30. The van der Waals surface area contributed by atoms with E-state index in [2.05, 4.69) is 10.2 Å². The molecule has 1 aliphatic rings. The summed E-state index contributed by atoms with van der Waals surface area (Å²) in [6.45, 7) is 3.69. The van der Waals surface area contributed by atoms with E-state index >= 15 is 0 Å². The molecule has 6 heteroatoms. The normalized spacial score (nSPS) is 23.6. The lowest BCUT2D eigenvalue weighted by atomic mass is 9.98. The van der Waals surface area contributed by atoms with Crippen molar-refractivity contribution in [2.45, 2.75) is 31.8 Å². The van der Waals surface area contributed by atoms with Crippen LogP contribution in [0.5, 0.6) is 0 Å². The predicted octanol–water partition coefficient (Wildman–Crippen LogP) is 2.10. The van der Waals surface area contributed by atoms with E-state index in [1.807, 2.05) is 6.92 Å². The molecule has 1 aromatic carbocycles. The molecule has 0 aliphatic carbocycles. The quantitative estimate of drug-likeness (QED) is 0.747. The first-order valence-corrected chi connectivity index (χ1v) is 7.53. The Morgan fingerprint density at radius 1 is 1.48 bits per heavy atom. The Morgan fingerprint density at radius 2 is 2.24 bits per heavy atom. The summed E-state index contributed by atoms with van der Waals surface area (Å²) < 4.78 is 0. The van der Waals surface area contributed by atoms with E-state index in [4.69, 9.17) is 17.3 Å². The Bertz CT molecular complexity index is 520. The van der Waals surface area contributed by atoms with Crippen LogP contribution in [0.2, 0.25) is 5.02 Å². The Kier molecular flexibility index (Phi) is 5.08. The number of nitrogens with zero attached hydrogens (tertiary/aromatic N) is 1. The fraction of sp³-hybridized carbons (Fsp3) is 0.533. The zero-order valence-electron chi connectivity index (χ0n) is 12.2. The average Bonchev–Trinajstić information content (AvgIpc) is 2.54. The van der Waals surface area contributed by atoms with E-state index in [0.29, 0.717) is 29.4 Å². The van der Waals surface area contributed by atoms with Crippen molar-refractivity contribution in [1.82, 2.24) is 4.90 Å². The Labute approximate surface area is 130 Å².